The number of ether oxygens (including phenoxy) is 2. The van der Waals surface area contributed by atoms with E-state index >= 15 is 0 Å². The molecule has 186 valence electrons. The maximum Gasteiger partial charge on any atom is 0.407 e. The zero-order valence-corrected chi connectivity index (χ0v) is 19.8. The quantitative estimate of drug-likeness (QED) is 0.419. The molecule has 9 nitrogen and oxygen atoms in total. The summed E-state index contributed by atoms with van der Waals surface area (Å²) in [6.45, 7) is 2.05. The van der Waals surface area contributed by atoms with Crippen LogP contribution in [-0.2, 0) is 23.9 Å². The highest BCUT2D eigenvalue weighted by molar-refractivity contribution is 5.87. The number of hydrogen-bond donors (Lipinski definition) is 3. The first-order chi connectivity index (χ1) is 16.8. The maximum atomic E-state index is 12.6. The second kappa shape index (κ2) is 12.0. The lowest BCUT2D eigenvalue weighted by molar-refractivity contribution is -0.148. The third kappa shape index (κ3) is 6.59. The van der Waals surface area contributed by atoms with Crippen LogP contribution < -0.4 is 10.6 Å². The first-order valence-electron chi connectivity index (χ1n) is 11.5. The highest BCUT2D eigenvalue weighted by atomic mass is 16.5. The van der Waals surface area contributed by atoms with Crippen molar-refractivity contribution in [2.45, 2.75) is 50.6 Å². The molecule has 0 spiro atoms. The van der Waals surface area contributed by atoms with Gasteiger partial charge in [0.2, 0.25) is 5.91 Å². The van der Waals surface area contributed by atoms with E-state index in [9.17, 15) is 24.3 Å². The molecule has 2 amide bonds. The molecular formula is C26H30N2O7. The van der Waals surface area contributed by atoms with Gasteiger partial charge in [0.25, 0.3) is 0 Å². The zero-order chi connectivity index (χ0) is 25.4. The maximum absolute atomic E-state index is 12.6. The Balaban J connectivity index is 1.58. The van der Waals surface area contributed by atoms with Crippen LogP contribution >= 0.6 is 0 Å². The van der Waals surface area contributed by atoms with Gasteiger partial charge in [-0.15, -0.1) is 0 Å². The summed E-state index contributed by atoms with van der Waals surface area (Å²) in [4.78, 5) is 47.8. The van der Waals surface area contributed by atoms with Crippen LogP contribution in [0.1, 0.15) is 49.7 Å². The van der Waals surface area contributed by atoms with Crippen molar-refractivity contribution in [3.05, 3.63) is 59.7 Å². The van der Waals surface area contributed by atoms with E-state index in [1.165, 1.54) is 0 Å². The van der Waals surface area contributed by atoms with Crippen LogP contribution in [0.25, 0.3) is 11.1 Å². The number of carboxylic acids is 1. The molecule has 1 unspecified atom stereocenters. The lowest BCUT2D eigenvalue weighted by Crippen LogP contribution is -2.45. The monoisotopic (exact) mass is 482 g/mol. The Hall–Kier alpha value is -3.88. The van der Waals surface area contributed by atoms with E-state index in [1.807, 2.05) is 43.3 Å². The summed E-state index contributed by atoms with van der Waals surface area (Å²) in [5.41, 5.74) is 4.43. The average molecular weight is 483 g/mol. The molecule has 1 aliphatic rings. The molecule has 0 aromatic heterocycles. The number of rotatable bonds is 11. The number of nitrogens with one attached hydrogen (secondary N) is 2. The molecule has 2 aromatic rings. The first kappa shape index (κ1) is 25.7. The molecule has 0 heterocycles. The molecule has 0 saturated heterocycles. The van der Waals surface area contributed by atoms with Crippen molar-refractivity contribution in [3.8, 4) is 11.1 Å². The summed E-state index contributed by atoms with van der Waals surface area (Å²) in [5, 5.41) is 14.3. The van der Waals surface area contributed by atoms with Gasteiger partial charge in [0.05, 0.1) is 13.5 Å². The average Bonchev–Trinajstić information content (AvgIpc) is 3.16. The third-order valence-corrected chi connectivity index (χ3v) is 5.97. The molecule has 1 aliphatic carbocycles. The third-order valence-electron chi connectivity index (χ3n) is 5.97. The Morgan fingerprint density at radius 1 is 0.943 bits per heavy atom. The van der Waals surface area contributed by atoms with Gasteiger partial charge >= 0.3 is 18.0 Å². The Bertz CT molecular complexity index is 1040. The SMILES string of the molecule is CCCC(CC(=O)N[C@@H](CC(=O)OC)C(=O)O)NC(=O)OCC1c2ccccc2-c2ccccc21. The number of esters is 1. The Labute approximate surface area is 203 Å². The molecule has 0 bridgehead atoms. The van der Waals surface area contributed by atoms with Gasteiger partial charge in [-0.25, -0.2) is 9.59 Å². The number of carbonyl (C=O) groups excluding carboxylic acids is 3. The van der Waals surface area contributed by atoms with E-state index in [2.05, 4.69) is 27.5 Å². The predicted octanol–water partition coefficient (Wildman–Crippen LogP) is 3.22. The van der Waals surface area contributed by atoms with Crippen molar-refractivity contribution in [2.75, 3.05) is 13.7 Å². The number of benzene rings is 2. The molecule has 3 N–H and O–H groups in total. The molecule has 9 heteroatoms. The molecule has 0 aliphatic heterocycles. The second-order valence-corrected chi connectivity index (χ2v) is 8.40. The summed E-state index contributed by atoms with van der Waals surface area (Å²) >= 11 is 0. The molecule has 0 saturated carbocycles. The molecule has 2 atom stereocenters. The predicted molar refractivity (Wildman–Crippen MR) is 128 cm³/mol. The van der Waals surface area contributed by atoms with Gasteiger partial charge in [0.1, 0.15) is 12.6 Å². The van der Waals surface area contributed by atoms with Gasteiger partial charge in [0.15, 0.2) is 0 Å². The van der Waals surface area contributed by atoms with Gasteiger partial charge in [-0.2, -0.15) is 0 Å². The highest BCUT2D eigenvalue weighted by Gasteiger charge is 2.30. The van der Waals surface area contributed by atoms with Crippen LogP contribution in [0.3, 0.4) is 0 Å². The number of alkyl carbamates (subject to hydrolysis) is 1. The van der Waals surface area contributed by atoms with Crippen LogP contribution in [-0.4, -0.2) is 54.8 Å². The van der Waals surface area contributed by atoms with Crippen molar-refractivity contribution in [1.29, 1.82) is 0 Å². The topological polar surface area (TPSA) is 131 Å². The van der Waals surface area contributed by atoms with Crippen LogP contribution in [0, 0.1) is 0 Å². The fourth-order valence-electron chi connectivity index (χ4n) is 4.31. The van der Waals surface area contributed by atoms with E-state index in [-0.39, 0.29) is 18.9 Å². The van der Waals surface area contributed by atoms with Crippen LogP contribution in [0.4, 0.5) is 4.79 Å². The van der Waals surface area contributed by atoms with Crippen LogP contribution in [0.5, 0.6) is 0 Å². The lowest BCUT2D eigenvalue weighted by atomic mass is 9.98. The van der Waals surface area contributed by atoms with Gasteiger partial charge in [-0.05, 0) is 28.7 Å². The molecule has 2 aromatic carbocycles. The summed E-state index contributed by atoms with van der Waals surface area (Å²) in [5.74, 6) is -2.78. The standard InChI is InChI=1S/C26H30N2O7/c1-3-8-16(13-23(29)28-22(25(31)32)14-24(30)34-2)27-26(33)35-15-21-19-11-6-4-9-17(19)18-10-5-7-12-20(18)21/h4-7,9-12,16,21-22H,3,8,13-15H2,1-2H3,(H,27,33)(H,28,29)(H,31,32)/t16?,22-/m0/s1. The molecular weight excluding hydrogens is 452 g/mol. The van der Waals surface area contributed by atoms with E-state index in [4.69, 9.17) is 4.74 Å². The van der Waals surface area contributed by atoms with E-state index in [0.717, 1.165) is 29.4 Å². The minimum absolute atomic E-state index is 0.0873. The number of carboxylic acid groups (broad SMARTS) is 1. The largest absolute Gasteiger partial charge is 0.480 e. The highest BCUT2D eigenvalue weighted by Crippen LogP contribution is 2.44. The van der Waals surface area contributed by atoms with Gasteiger partial charge in [-0.1, -0.05) is 61.9 Å². The van der Waals surface area contributed by atoms with Crippen molar-refractivity contribution >= 4 is 23.9 Å². The number of carbonyl (C=O) groups is 4. The minimum Gasteiger partial charge on any atom is -0.480 e. The number of amides is 2. The van der Waals surface area contributed by atoms with Crippen LogP contribution in [0.2, 0.25) is 0 Å². The number of hydrogen-bond acceptors (Lipinski definition) is 6. The smallest absolute Gasteiger partial charge is 0.407 e. The normalized spacial score (nSPS) is 13.7. The molecule has 3 rings (SSSR count). The fourth-order valence-corrected chi connectivity index (χ4v) is 4.31. The van der Waals surface area contributed by atoms with Crippen molar-refractivity contribution < 1.29 is 33.8 Å². The lowest BCUT2D eigenvalue weighted by Gasteiger charge is -2.20. The summed E-state index contributed by atoms with van der Waals surface area (Å²) in [7, 11) is 1.14. The van der Waals surface area contributed by atoms with Crippen molar-refractivity contribution in [2.24, 2.45) is 0 Å². The molecule has 0 fully saturated rings. The van der Waals surface area contributed by atoms with Crippen molar-refractivity contribution in [3.63, 3.8) is 0 Å². The van der Waals surface area contributed by atoms with E-state index in [0.29, 0.717) is 12.8 Å². The van der Waals surface area contributed by atoms with E-state index < -0.39 is 42.4 Å². The Morgan fingerprint density at radius 2 is 1.54 bits per heavy atom. The van der Waals surface area contributed by atoms with Gasteiger partial charge in [-0.3, -0.25) is 9.59 Å². The second-order valence-electron chi connectivity index (χ2n) is 8.40. The van der Waals surface area contributed by atoms with Gasteiger partial charge in [0, 0.05) is 18.4 Å². The Kier molecular flexibility index (Phi) is 8.83. The molecule has 0 radical (unpaired) electrons. The van der Waals surface area contributed by atoms with Crippen LogP contribution in [0.15, 0.2) is 48.5 Å². The zero-order valence-electron chi connectivity index (χ0n) is 19.8. The fraction of sp³-hybridized carbons (Fsp3) is 0.385. The number of fused-ring (bicyclic) bond motifs is 3. The first-order valence-corrected chi connectivity index (χ1v) is 11.5. The number of aliphatic carboxylic acids is 1. The summed E-state index contributed by atoms with van der Waals surface area (Å²) in [6, 6.07) is 14.1. The summed E-state index contributed by atoms with van der Waals surface area (Å²) < 4.78 is 10.0. The number of methoxy groups -OCH3 is 1. The minimum atomic E-state index is -1.41. The van der Waals surface area contributed by atoms with E-state index in [1.54, 1.807) is 0 Å². The van der Waals surface area contributed by atoms with Crippen molar-refractivity contribution in [1.82, 2.24) is 10.6 Å². The molecule has 35 heavy (non-hydrogen) atoms. The Morgan fingerprint density at radius 3 is 2.09 bits per heavy atom. The van der Waals surface area contributed by atoms with Gasteiger partial charge < -0.3 is 25.2 Å². The summed E-state index contributed by atoms with van der Waals surface area (Å²) in [6.07, 6.45) is -0.112.